The zero-order valence-corrected chi connectivity index (χ0v) is 7.39. The third-order valence-corrected chi connectivity index (χ3v) is 2.25. The molecule has 0 radical (unpaired) electrons. The van der Waals surface area contributed by atoms with Gasteiger partial charge in [0.2, 0.25) is 0 Å². The number of amides is 2. The van der Waals surface area contributed by atoms with Crippen LogP contribution in [0, 0.1) is 5.41 Å². The minimum Gasteiger partial charge on any atom is -0.396 e. The lowest BCUT2D eigenvalue weighted by atomic mass is 10.1. The maximum Gasteiger partial charge on any atom is 0.314 e. The summed E-state index contributed by atoms with van der Waals surface area (Å²) >= 11 is 0. The molecule has 1 aliphatic rings. The molecule has 70 valence electrons. The SMILES string of the molecule is CCNC(=O)NCC1(CO)CC1. The van der Waals surface area contributed by atoms with E-state index in [-0.39, 0.29) is 18.1 Å². The quantitative estimate of drug-likeness (QED) is 0.562. The number of nitrogens with one attached hydrogen (secondary N) is 2. The predicted molar refractivity (Wildman–Crippen MR) is 45.8 cm³/mol. The molecule has 0 aliphatic heterocycles. The van der Waals surface area contributed by atoms with E-state index in [1.807, 2.05) is 6.92 Å². The van der Waals surface area contributed by atoms with Crippen LogP contribution in [0.1, 0.15) is 19.8 Å². The summed E-state index contributed by atoms with van der Waals surface area (Å²) in [7, 11) is 0. The monoisotopic (exact) mass is 172 g/mol. The van der Waals surface area contributed by atoms with Gasteiger partial charge in [0.15, 0.2) is 0 Å². The number of carbonyl (C=O) groups excluding carboxylic acids is 1. The summed E-state index contributed by atoms with van der Waals surface area (Å²) in [6, 6.07) is -0.141. The van der Waals surface area contributed by atoms with Crippen LogP contribution in [0.15, 0.2) is 0 Å². The molecule has 0 heterocycles. The highest BCUT2D eigenvalue weighted by molar-refractivity contribution is 5.73. The Morgan fingerprint density at radius 2 is 2.17 bits per heavy atom. The molecular weight excluding hydrogens is 156 g/mol. The van der Waals surface area contributed by atoms with Crippen LogP contribution < -0.4 is 10.6 Å². The number of aliphatic hydroxyl groups excluding tert-OH is 1. The van der Waals surface area contributed by atoms with Gasteiger partial charge in [0.1, 0.15) is 0 Å². The molecule has 0 bridgehead atoms. The Balaban J connectivity index is 2.12. The summed E-state index contributed by atoms with van der Waals surface area (Å²) in [5, 5.41) is 14.3. The maximum atomic E-state index is 10.9. The smallest absolute Gasteiger partial charge is 0.314 e. The molecule has 0 aromatic heterocycles. The van der Waals surface area contributed by atoms with Gasteiger partial charge in [0, 0.05) is 18.5 Å². The number of rotatable bonds is 4. The van der Waals surface area contributed by atoms with Crippen molar-refractivity contribution in [3.8, 4) is 0 Å². The van der Waals surface area contributed by atoms with E-state index >= 15 is 0 Å². The zero-order valence-electron chi connectivity index (χ0n) is 7.39. The Hall–Kier alpha value is -0.770. The molecule has 1 rings (SSSR count). The summed E-state index contributed by atoms with van der Waals surface area (Å²) in [4.78, 5) is 10.9. The van der Waals surface area contributed by atoms with Crippen LogP contribution in [0.4, 0.5) is 4.79 Å². The van der Waals surface area contributed by atoms with Gasteiger partial charge >= 0.3 is 6.03 Å². The van der Waals surface area contributed by atoms with E-state index in [0.717, 1.165) is 12.8 Å². The average molecular weight is 172 g/mol. The predicted octanol–water partition coefficient (Wildman–Crippen LogP) is 0.0780. The van der Waals surface area contributed by atoms with Crippen LogP contribution in [0.3, 0.4) is 0 Å². The molecule has 0 unspecified atom stereocenters. The van der Waals surface area contributed by atoms with E-state index in [1.54, 1.807) is 0 Å². The van der Waals surface area contributed by atoms with Crippen LogP contribution in [0.25, 0.3) is 0 Å². The Morgan fingerprint density at radius 3 is 2.58 bits per heavy atom. The lowest BCUT2D eigenvalue weighted by molar-refractivity contribution is 0.203. The number of aliphatic hydroxyl groups is 1. The molecular formula is C8H16N2O2. The molecule has 0 atom stereocenters. The van der Waals surface area contributed by atoms with Crippen LogP contribution in [0.2, 0.25) is 0 Å². The van der Waals surface area contributed by atoms with E-state index < -0.39 is 0 Å². The second kappa shape index (κ2) is 3.76. The highest BCUT2D eigenvalue weighted by atomic mass is 16.3. The Kier molecular flexibility index (Phi) is 2.92. The molecule has 1 fully saturated rings. The molecule has 0 spiro atoms. The zero-order chi connectivity index (χ0) is 9.03. The van der Waals surface area contributed by atoms with Crippen molar-refractivity contribution in [3.63, 3.8) is 0 Å². The van der Waals surface area contributed by atoms with Crippen molar-refractivity contribution >= 4 is 6.03 Å². The van der Waals surface area contributed by atoms with Crippen LogP contribution >= 0.6 is 0 Å². The first-order valence-corrected chi connectivity index (χ1v) is 4.35. The topological polar surface area (TPSA) is 61.4 Å². The van der Waals surface area contributed by atoms with Crippen molar-refractivity contribution in [2.75, 3.05) is 19.7 Å². The van der Waals surface area contributed by atoms with Gasteiger partial charge in [-0.05, 0) is 19.8 Å². The van der Waals surface area contributed by atoms with Crippen molar-refractivity contribution in [2.24, 2.45) is 5.41 Å². The van der Waals surface area contributed by atoms with Gasteiger partial charge < -0.3 is 15.7 Å². The fourth-order valence-electron chi connectivity index (χ4n) is 1.06. The van der Waals surface area contributed by atoms with Gasteiger partial charge in [-0.25, -0.2) is 4.79 Å². The van der Waals surface area contributed by atoms with Crippen LogP contribution in [-0.4, -0.2) is 30.8 Å². The van der Waals surface area contributed by atoms with Crippen molar-refractivity contribution in [3.05, 3.63) is 0 Å². The maximum absolute atomic E-state index is 10.9. The lowest BCUT2D eigenvalue weighted by Crippen LogP contribution is -2.39. The minimum absolute atomic E-state index is 0.00504. The van der Waals surface area contributed by atoms with Gasteiger partial charge in [0.25, 0.3) is 0 Å². The molecule has 4 heteroatoms. The molecule has 0 aromatic rings. The second-order valence-electron chi connectivity index (χ2n) is 3.37. The van der Waals surface area contributed by atoms with E-state index in [9.17, 15) is 4.79 Å². The molecule has 2 amide bonds. The van der Waals surface area contributed by atoms with E-state index in [1.165, 1.54) is 0 Å². The number of urea groups is 1. The van der Waals surface area contributed by atoms with Gasteiger partial charge in [-0.1, -0.05) is 0 Å². The highest BCUT2D eigenvalue weighted by Gasteiger charge is 2.41. The Bertz CT molecular complexity index is 166. The first kappa shape index (κ1) is 9.32. The largest absolute Gasteiger partial charge is 0.396 e. The second-order valence-corrected chi connectivity index (χ2v) is 3.37. The Labute approximate surface area is 72.3 Å². The summed E-state index contributed by atoms with van der Waals surface area (Å²) in [5.41, 5.74) is 0.00504. The Morgan fingerprint density at radius 1 is 1.50 bits per heavy atom. The fourth-order valence-corrected chi connectivity index (χ4v) is 1.06. The normalized spacial score (nSPS) is 18.5. The van der Waals surface area contributed by atoms with E-state index in [0.29, 0.717) is 13.1 Å². The van der Waals surface area contributed by atoms with Gasteiger partial charge in [0.05, 0.1) is 6.61 Å². The minimum atomic E-state index is -0.141. The molecule has 0 aromatic carbocycles. The summed E-state index contributed by atoms with van der Waals surface area (Å²) in [6.07, 6.45) is 2.05. The molecule has 1 saturated carbocycles. The van der Waals surface area contributed by atoms with Crippen molar-refractivity contribution < 1.29 is 9.90 Å². The highest BCUT2D eigenvalue weighted by Crippen LogP contribution is 2.44. The number of carbonyl (C=O) groups is 1. The molecule has 4 nitrogen and oxygen atoms in total. The summed E-state index contributed by atoms with van der Waals surface area (Å²) in [5.74, 6) is 0. The van der Waals surface area contributed by atoms with Crippen molar-refractivity contribution in [1.82, 2.24) is 10.6 Å². The lowest BCUT2D eigenvalue weighted by Gasteiger charge is -2.12. The fraction of sp³-hybridized carbons (Fsp3) is 0.875. The first-order chi connectivity index (χ1) is 5.72. The molecule has 0 saturated heterocycles. The summed E-state index contributed by atoms with van der Waals surface area (Å²) < 4.78 is 0. The van der Waals surface area contributed by atoms with E-state index in [2.05, 4.69) is 10.6 Å². The third-order valence-electron chi connectivity index (χ3n) is 2.25. The van der Waals surface area contributed by atoms with Crippen molar-refractivity contribution in [2.45, 2.75) is 19.8 Å². The van der Waals surface area contributed by atoms with Crippen molar-refractivity contribution in [1.29, 1.82) is 0 Å². The standard InChI is InChI=1S/C8H16N2O2/c1-2-9-7(12)10-5-8(6-11)3-4-8/h11H,2-6H2,1H3,(H2,9,10,12). The van der Waals surface area contributed by atoms with Gasteiger partial charge in [-0.15, -0.1) is 0 Å². The van der Waals surface area contributed by atoms with Crippen LogP contribution in [-0.2, 0) is 0 Å². The van der Waals surface area contributed by atoms with Crippen LogP contribution in [0.5, 0.6) is 0 Å². The van der Waals surface area contributed by atoms with Gasteiger partial charge in [-0.3, -0.25) is 0 Å². The van der Waals surface area contributed by atoms with E-state index in [4.69, 9.17) is 5.11 Å². The molecule has 1 aliphatic carbocycles. The average Bonchev–Trinajstić information content (AvgIpc) is 2.82. The number of hydrogen-bond acceptors (Lipinski definition) is 2. The molecule has 3 N–H and O–H groups in total. The third kappa shape index (κ3) is 2.37. The number of hydrogen-bond donors (Lipinski definition) is 3. The van der Waals surface area contributed by atoms with Gasteiger partial charge in [-0.2, -0.15) is 0 Å². The first-order valence-electron chi connectivity index (χ1n) is 4.35. The summed E-state index contributed by atoms with van der Waals surface area (Å²) in [6.45, 7) is 3.28. The molecule has 12 heavy (non-hydrogen) atoms.